The highest BCUT2D eigenvalue weighted by Crippen LogP contribution is 2.37. The van der Waals surface area contributed by atoms with E-state index >= 15 is 0 Å². The molecule has 0 saturated heterocycles. The second-order valence-electron chi connectivity index (χ2n) is 10.6. The Bertz CT molecular complexity index is 925. The van der Waals surface area contributed by atoms with Crippen LogP contribution in [0.4, 0.5) is 4.79 Å². The Morgan fingerprint density at radius 3 is 2.40 bits per heavy atom. The van der Waals surface area contributed by atoms with Gasteiger partial charge < -0.3 is 20.3 Å². The summed E-state index contributed by atoms with van der Waals surface area (Å²) in [7, 11) is 0. The molecule has 192 valence electrons. The van der Waals surface area contributed by atoms with Crippen molar-refractivity contribution in [3.63, 3.8) is 0 Å². The maximum Gasteiger partial charge on any atom is 0.408 e. The number of rotatable bonds is 11. The zero-order chi connectivity index (χ0) is 26.2. The van der Waals surface area contributed by atoms with Crippen LogP contribution in [0.2, 0.25) is 0 Å². The fourth-order valence-electron chi connectivity index (χ4n) is 3.96. The van der Waals surface area contributed by atoms with E-state index in [0.717, 1.165) is 25.7 Å². The first-order chi connectivity index (χ1) is 16.5. The summed E-state index contributed by atoms with van der Waals surface area (Å²) in [6.07, 6.45) is 8.90. The monoisotopic (exact) mass is 483 g/mol. The molecule has 7 nitrogen and oxygen atoms in total. The van der Waals surface area contributed by atoms with Crippen molar-refractivity contribution in [2.45, 2.75) is 97.4 Å². The molecule has 0 aromatic heterocycles. The Labute approximate surface area is 210 Å². The van der Waals surface area contributed by atoms with Crippen LogP contribution in [0.3, 0.4) is 0 Å². The summed E-state index contributed by atoms with van der Waals surface area (Å²) in [4.78, 5) is 41.8. The standard InChI is InChI=1S/C28H41N3O4/c1-8-10-17-29-25(32)24(22-14-12-11-13-20(22)9-2)31(21-15-16-21)26(33)23(18-19(3)4)30-27(34)35-28(5,6)7/h2,11-14,19,21,23-24H,8,10,15-18H2,1,3-7H3,(H,29,32)(H,30,34). The maximum atomic E-state index is 14.0. The molecule has 1 aliphatic carbocycles. The Kier molecular flexibility index (Phi) is 10.2. The second kappa shape index (κ2) is 12.6. The van der Waals surface area contributed by atoms with Crippen molar-refractivity contribution >= 4 is 17.9 Å². The zero-order valence-corrected chi connectivity index (χ0v) is 22.0. The summed E-state index contributed by atoms with van der Waals surface area (Å²) in [5.74, 6) is 2.24. The van der Waals surface area contributed by atoms with E-state index in [9.17, 15) is 14.4 Å². The molecule has 0 spiro atoms. The predicted molar refractivity (Wildman–Crippen MR) is 138 cm³/mol. The molecule has 35 heavy (non-hydrogen) atoms. The number of carbonyl (C=O) groups is 3. The molecule has 0 aliphatic heterocycles. The smallest absolute Gasteiger partial charge is 0.408 e. The van der Waals surface area contributed by atoms with Crippen LogP contribution < -0.4 is 10.6 Å². The normalized spacial score (nSPS) is 15.0. The van der Waals surface area contributed by atoms with Crippen LogP contribution >= 0.6 is 0 Å². The number of terminal acetylenes is 1. The molecule has 2 rings (SSSR count). The van der Waals surface area contributed by atoms with Crippen LogP contribution in [0.5, 0.6) is 0 Å². The highest BCUT2D eigenvalue weighted by Gasteiger charge is 2.44. The van der Waals surface area contributed by atoms with Gasteiger partial charge in [0.25, 0.3) is 0 Å². The predicted octanol–water partition coefficient (Wildman–Crippen LogP) is 4.56. The van der Waals surface area contributed by atoms with E-state index < -0.39 is 23.8 Å². The average molecular weight is 484 g/mol. The van der Waals surface area contributed by atoms with E-state index in [2.05, 4.69) is 23.5 Å². The molecule has 2 unspecified atom stereocenters. The molecule has 2 N–H and O–H groups in total. The molecule has 1 aromatic rings. The number of hydrogen-bond donors (Lipinski definition) is 2. The van der Waals surface area contributed by atoms with Gasteiger partial charge in [-0.05, 0) is 64.0 Å². The van der Waals surface area contributed by atoms with E-state index in [1.165, 1.54) is 0 Å². The van der Waals surface area contributed by atoms with Gasteiger partial charge in [-0.2, -0.15) is 0 Å². The van der Waals surface area contributed by atoms with Crippen LogP contribution in [0.1, 0.15) is 90.8 Å². The number of nitrogens with one attached hydrogen (secondary N) is 2. The summed E-state index contributed by atoms with van der Waals surface area (Å²) in [6, 6.07) is 5.43. The number of nitrogens with zero attached hydrogens (tertiary/aromatic N) is 1. The summed E-state index contributed by atoms with van der Waals surface area (Å²) in [5, 5.41) is 5.76. The van der Waals surface area contributed by atoms with E-state index in [1.807, 2.05) is 26.0 Å². The van der Waals surface area contributed by atoms with Gasteiger partial charge in [-0.15, -0.1) is 6.42 Å². The van der Waals surface area contributed by atoms with Gasteiger partial charge in [-0.3, -0.25) is 9.59 Å². The van der Waals surface area contributed by atoms with Crippen molar-refractivity contribution in [1.29, 1.82) is 0 Å². The Hall–Kier alpha value is -3.01. The van der Waals surface area contributed by atoms with Crippen LogP contribution in [0.15, 0.2) is 24.3 Å². The largest absolute Gasteiger partial charge is 0.444 e. The average Bonchev–Trinajstić information content (AvgIpc) is 3.60. The van der Waals surface area contributed by atoms with E-state index in [4.69, 9.17) is 11.2 Å². The van der Waals surface area contributed by atoms with Gasteiger partial charge in [0.15, 0.2) is 0 Å². The van der Waals surface area contributed by atoms with E-state index in [1.54, 1.807) is 37.8 Å². The second-order valence-corrected chi connectivity index (χ2v) is 10.6. The van der Waals surface area contributed by atoms with Gasteiger partial charge in [0, 0.05) is 18.2 Å². The number of unbranched alkanes of at least 4 members (excludes halogenated alkanes) is 1. The molecule has 0 heterocycles. The highest BCUT2D eigenvalue weighted by molar-refractivity contribution is 5.93. The Morgan fingerprint density at radius 1 is 1.20 bits per heavy atom. The van der Waals surface area contributed by atoms with Gasteiger partial charge >= 0.3 is 6.09 Å². The van der Waals surface area contributed by atoms with Crippen molar-refractivity contribution in [3.8, 4) is 12.3 Å². The van der Waals surface area contributed by atoms with E-state index in [0.29, 0.717) is 24.1 Å². The Morgan fingerprint density at radius 2 is 1.86 bits per heavy atom. The number of ether oxygens (including phenoxy) is 1. The quantitative estimate of drug-likeness (QED) is 0.357. The number of alkyl carbamates (subject to hydrolysis) is 1. The third kappa shape index (κ3) is 8.61. The van der Waals surface area contributed by atoms with Gasteiger partial charge in [-0.25, -0.2) is 4.79 Å². The summed E-state index contributed by atoms with van der Waals surface area (Å²) >= 11 is 0. The molecule has 1 saturated carbocycles. The molecule has 3 amide bonds. The first-order valence-electron chi connectivity index (χ1n) is 12.6. The summed E-state index contributed by atoms with van der Waals surface area (Å²) in [6.45, 7) is 11.9. The summed E-state index contributed by atoms with van der Waals surface area (Å²) in [5.41, 5.74) is 0.492. The molecule has 1 aliphatic rings. The molecular weight excluding hydrogens is 442 g/mol. The minimum Gasteiger partial charge on any atom is -0.444 e. The zero-order valence-electron chi connectivity index (χ0n) is 22.0. The fourth-order valence-corrected chi connectivity index (χ4v) is 3.96. The molecule has 1 aromatic carbocycles. The van der Waals surface area contributed by atoms with Gasteiger partial charge in [0.1, 0.15) is 17.7 Å². The van der Waals surface area contributed by atoms with Crippen LogP contribution in [0, 0.1) is 18.3 Å². The maximum absolute atomic E-state index is 14.0. The molecule has 7 heteroatoms. The molecule has 0 radical (unpaired) electrons. The molecular formula is C28H41N3O4. The Balaban J connectivity index is 2.46. The van der Waals surface area contributed by atoms with Crippen molar-refractivity contribution in [1.82, 2.24) is 15.5 Å². The lowest BCUT2D eigenvalue weighted by atomic mass is 9.96. The van der Waals surface area contributed by atoms with Crippen molar-refractivity contribution < 1.29 is 19.1 Å². The minimum atomic E-state index is -0.880. The lowest BCUT2D eigenvalue weighted by Gasteiger charge is -2.35. The van der Waals surface area contributed by atoms with Gasteiger partial charge in [-0.1, -0.05) is 51.3 Å². The number of benzene rings is 1. The number of carbonyl (C=O) groups excluding carboxylic acids is 3. The lowest BCUT2D eigenvalue weighted by Crippen LogP contribution is -2.54. The van der Waals surface area contributed by atoms with E-state index in [-0.39, 0.29) is 23.8 Å². The highest BCUT2D eigenvalue weighted by atomic mass is 16.6. The van der Waals surface area contributed by atoms with Gasteiger partial charge in [0.2, 0.25) is 11.8 Å². The molecule has 0 bridgehead atoms. The first-order valence-corrected chi connectivity index (χ1v) is 12.6. The minimum absolute atomic E-state index is 0.0923. The van der Waals surface area contributed by atoms with Gasteiger partial charge in [0.05, 0.1) is 0 Å². The third-order valence-electron chi connectivity index (χ3n) is 5.66. The van der Waals surface area contributed by atoms with Crippen molar-refractivity contribution in [3.05, 3.63) is 35.4 Å². The molecule has 1 fully saturated rings. The van der Waals surface area contributed by atoms with Crippen LogP contribution in [-0.4, -0.2) is 47.0 Å². The number of amides is 3. The molecule has 2 atom stereocenters. The summed E-state index contributed by atoms with van der Waals surface area (Å²) < 4.78 is 5.42. The van der Waals surface area contributed by atoms with Crippen molar-refractivity contribution in [2.75, 3.05) is 6.54 Å². The third-order valence-corrected chi connectivity index (χ3v) is 5.66. The topological polar surface area (TPSA) is 87.7 Å². The fraction of sp³-hybridized carbons (Fsp3) is 0.607. The SMILES string of the molecule is C#Cc1ccccc1C(C(=O)NCCCC)N(C(=O)C(CC(C)C)NC(=O)OC(C)(C)C)C1CC1. The van der Waals surface area contributed by atoms with Crippen LogP contribution in [-0.2, 0) is 14.3 Å². The first kappa shape index (κ1) is 28.2. The number of hydrogen-bond acceptors (Lipinski definition) is 4. The van der Waals surface area contributed by atoms with Crippen molar-refractivity contribution in [2.24, 2.45) is 5.92 Å². The lowest BCUT2D eigenvalue weighted by molar-refractivity contribution is -0.143. The van der Waals surface area contributed by atoms with Crippen LogP contribution in [0.25, 0.3) is 0 Å².